The Morgan fingerprint density at radius 3 is 2.71 bits per heavy atom. The van der Waals surface area contributed by atoms with Crippen molar-refractivity contribution in [1.29, 1.82) is 0 Å². The molecule has 1 aromatic heterocycles. The van der Waals surface area contributed by atoms with Crippen molar-refractivity contribution in [2.24, 2.45) is 0 Å². The summed E-state index contributed by atoms with van der Waals surface area (Å²) in [5, 5.41) is 13.6. The Labute approximate surface area is 119 Å². The summed E-state index contributed by atoms with van der Waals surface area (Å²) in [5.41, 5.74) is -0.0735. The van der Waals surface area contributed by atoms with Gasteiger partial charge in [-0.3, -0.25) is 0 Å². The summed E-state index contributed by atoms with van der Waals surface area (Å²) in [6, 6.07) is -0.464. The minimum absolute atomic E-state index is 0.00124. The number of hydrogen-bond donors (Lipinski definition) is 3. The van der Waals surface area contributed by atoms with Gasteiger partial charge in [0.15, 0.2) is 5.69 Å². The number of nitrogens with one attached hydrogen (secondary N) is 2. The van der Waals surface area contributed by atoms with Gasteiger partial charge in [0, 0.05) is 25.8 Å². The lowest BCUT2D eigenvalue weighted by atomic mass is 10.5. The summed E-state index contributed by atoms with van der Waals surface area (Å²) in [5.74, 6) is -1.12. The lowest BCUT2D eigenvalue weighted by Crippen LogP contribution is -2.38. The van der Waals surface area contributed by atoms with Crippen LogP contribution in [0.3, 0.4) is 0 Å². The fourth-order valence-electron chi connectivity index (χ4n) is 1.36. The van der Waals surface area contributed by atoms with Gasteiger partial charge in [-0.15, -0.1) is 0 Å². The smallest absolute Gasteiger partial charge is 0.356 e. The fraction of sp³-hybridized carbons (Fsp3) is 0.545. The first-order valence-corrected chi connectivity index (χ1v) is 6.11. The van der Waals surface area contributed by atoms with Crippen molar-refractivity contribution in [1.82, 2.24) is 20.2 Å². The highest BCUT2D eigenvalue weighted by Gasteiger charge is 2.06. The number of imidazole rings is 1. The highest BCUT2D eigenvalue weighted by atomic mass is 19.3. The topological polar surface area (TPSA) is 105 Å². The second-order valence-electron chi connectivity index (χ2n) is 3.95. The third kappa shape index (κ3) is 7.20. The van der Waals surface area contributed by atoms with Crippen LogP contribution in [0.15, 0.2) is 12.5 Å². The molecule has 0 bridgehead atoms. The maximum atomic E-state index is 11.7. The van der Waals surface area contributed by atoms with Crippen molar-refractivity contribution in [2.75, 3.05) is 26.3 Å². The van der Waals surface area contributed by atoms with Gasteiger partial charge < -0.3 is 25.0 Å². The molecule has 0 aromatic carbocycles. The molecular weight excluding hydrogens is 290 g/mol. The number of carboxylic acids is 1. The quantitative estimate of drug-likeness (QED) is 0.564. The number of alkyl halides is 2. The molecule has 0 saturated carbocycles. The number of carbonyl (C=O) groups is 2. The van der Waals surface area contributed by atoms with Crippen molar-refractivity contribution in [3.05, 3.63) is 18.2 Å². The molecule has 1 rings (SSSR count). The second kappa shape index (κ2) is 8.84. The van der Waals surface area contributed by atoms with Crippen LogP contribution in [0, 0.1) is 0 Å². The molecule has 0 radical (unpaired) electrons. The summed E-state index contributed by atoms with van der Waals surface area (Å²) in [4.78, 5) is 25.5. The van der Waals surface area contributed by atoms with Gasteiger partial charge in [0.1, 0.15) is 6.61 Å². The van der Waals surface area contributed by atoms with Crippen molar-refractivity contribution >= 4 is 12.0 Å². The summed E-state index contributed by atoms with van der Waals surface area (Å²) in [7, 11) is 0. The Morgan fingerprint density at radius 1 is 1.38 bits per heavy atom. The molecule has 1 heterocycles. The number of amides is 2. The Bertz CT molecular complexity index is 467. The monoisotopic (exact) mass is 306 g/mol. The minimum atomic E-state index is -2.52. The first-order valence-electron chi connectivity index (χ1n) is 6.11. The molecule has 21 heavy (non-hydrogen) atoms. The van der Waals surface area contributed by atoms with Crippen LogP contribution in [0.2, 0.25) is 0 Å². The van der Waals surface area contributed by atoms with Crippen LogP contribution in [0.25, 0.3) is 0 Å². The van der Waals surface area contributed by atoms with E-state index in [4.69, 9.17) is 5.11 Å². The number of carbonyl (C=O) groups excluding carboxylic acids is 1. The van der Waals surface area contributed by atoms with E-state index in [9.17, 15) is 18.4 Å². The van der Waals surface area contributed by atoms with Gasteiger partial charge in [0.05, 0.1) is 12.9 Å². The fourth-order valence-corrected chi connectivity index (χ4v) is 1.36. The summed E-state index contributed by atoms with van der Waals surface area (Å²) in [6.07, 6.45) is 0.172. The van der Waals surface area contributed by atoms with E-state index in [0.29, 0.717) is 6.54 Å². The summed E-state index contributed by atoms with van der Waals surface area (Å²) in [6.45, 7) is 0.0820. The van der Waals surface area contributed by atoms with E-state index in [1.807, 2.05) is 0 Å². The molecule has 1 aromatic rings. The van der Waals surface area contributed by atoms with Gasteiger partial charge >= 0.3 is 12.0 Å². The number of carboxylic acid groups (broad SMARTS) is 1. The molecule has 0 unspecified atom stereocenters. The lowest BCUT2D eigenvalue weighted by molar-refractivity contribution is 0.0193. The predicted octanol–water partition coefficient (Wildman–Crippen LogP) is 0.162. The normalized spacial score (nSPS) is 10.6. The SMILES string of the molecule is O=C(NCCOCC(F)F)NCCn1cnc(C(=O)O)c1. The highest BCUT2D eigenvalue weighted by molar-refractivity contribution is 5.84. The highest BCUT2D eigenvalue weighted by Crippen LogP contribution is 1.95. The maximum Gasteiger partial charge on any atom is 0.356 e. The zero-order valence-corrected chi connectivity index (χ0v) is 11.1. The Kier molecular flexibility index (Phi) is 7.09. The predicted molar refractivity (Wildman–Crippen MR) is 67.4 cm³/mol. The van der Waals surface area contributed by atoms with Crippen LogP contribution in [-0.4, -0.2) is 59.4 Å². The van der Waals surface area contributed by atoms with E-state index in [1.54, 1.807) is 0 Å². The van der Waals surface area contributed by atoms with E-state index >= 15 is 0 Å². The van der Waals surface area contributed by atoms with Crippen molar-refractivity contribution in [3.63, 3.8) is 0 Å². The standard InChI is InChI=1S/C11H16F2N4O4/c12-9(13)6-21-4-2-15-11(20)14-1-3-17-5-8(10(18)19)16-7-17/h5,7,9H,1-4,6H2,(H,18,19)(H2,14,15,20). The third-order valence-corrected chi connectivity index (χ3v) is 2.28. The third-order valence-electron chi connectivity index (χ3n) is 2.28. The molecule has 0 aliphatic rings. The van der Waals surface area contributed by atoms with Crippen LogP contribution >= 0.6 is 0 Å². The zero-order chi connectivity index (χ0) is 15.7. The Balaban J connectivity index is 2.08. The van der Waals surface area contributed by atoms with Gasteiger partial charge in [0.25, 0.3) is 6.43 Å². The van der Waals surface area contributed by atoms with E-state index in [2.05, 4.69) is 20.4 Å². The molecule has 2 amide bonds. The van der Waals surface area contributed by atoms with Gasteiger partial charge in [0.2, 0.25) is 0 Å². The number of halogens is 2. The van der Waals surface area contributed by atoms with Gasteiger partial charge in [-0.25, -0.2) is 23.4 Å². The van der Waals surface area contributed by atoms with Crippen molar-refractivity contribution < 1.29 is 28.2 Å². The average Bonchev–Trinajstić information content (AvgIpc) is 2.87. The number of nitrogens with zero attached hydrogens (tertiary/aromatic N) is 2. The zero-order valence-electron chi connectivity index (χ0n) is 11.1. The molecule has 118 valence electrons. The number of ether oxygens (including phenoxy) is 1. The van der Waals surface area contributed by atoms with Crippen LogP contribution in [0.4, 0.5) is 13.6 Å². The van der Waals surface area contributed by atoms with Crippen molar-refractivity contribution in [2.45, 2.75) is 13.0 Å². The van der Waals surface area contributed by atoms with Crippen LogP contribution in [0.5, 0.6) is 0 Å². The second-order valence-corrected chi connectivity index (χ2v) is 3.95. The van der Waals surface area contributed by atoms with Crippen LogP contribution in [0.1, 0.15) is 10.5 Å². The van der Waals surface area contributed by atoms with Gasteiger partial charge in [-0.2, -0.15) is 0 Å². The van der Waals surface area contributed by atoms with E-state index < -0.39 is 25.0 Å². The first-order chi connectivity index (χ1) is 9.99. The molecule has 0 aliphatic carbocycles. The van der Waals surface area contributed by atoms with Gasteiger partial charge in [-0.1, -0.05) is 0 Å². The van der Waals surface area contributed by atoms with E-state index in [0.717, 1.165) is 0 Å². The number of aromatic carboxylic acids is 1. The van der Waals surface area contributed by atoms with Crippen molar-refractivity contribution in [3.8, 4) is 0 Å². The van der Waals surface area contributed by atoms with Crippen LogP contribution < -0.4 is 10.6 Å². The summed E-state index contributed by atoms with van der Waals surface area (Å²) < 4.78 is 29.6. The Morgan fingerprint density at radius 2 is 2.10 bits per heavy atom. The number of aromatic nitrogens is 2. The van der Waals surface area contributed by atoms with Gasteiger partial charge in [-0.05, 0) is 0 Å². The number of urea groups is 1. The minimum Gasteiger partial charge on any atom is -0.476 e. The summed E-state index contributed by atoms with van der Waals surface area (Å²) >= 11 is 0. The molecular formula is C11H16F2N4O4. The number of rotatable bonds is 9. The molecule has 10 heteroatoms. The molecule has 0 atom stereocenters. The van der Waals surface area contributed by atoms with E-state index in [-0.39, 0.29) is 25.4 Å². The molecule has 0 saturated heterocycles. The molecule has 0 spiro atoms. The Hall–Kier alpha value is -2.23. The maximum absolute atomic E-state index is 11.7. The molecule has 0 fully saturated rings. The average molecular weight is 306 g/mol. The molecule has 3 N–H and O–H groups in total. The van der Waals surface area contributed by atoms with Crippen LogP contribution in [-0.2, 0) is 11.3 Å². The lowest BCUT2D eigenvalue weighted by Gasteiger charge is -2.08. The first kappa shape index (κ1) is 16.8. The molecule has 8 nitrogen and oxygen atoms in total. The van der Waals surface area contributed by atoms with E-state index in [1.165, 1.54) is 17.1 Å². The largest absolute Gasteiger partial charge is 0.476 e. The number of hydrogen-bond acceptors (Lipinski definition) is 4. The molecule has 0 aliphatic heterocycles.